The summed E-state index contributed by atoms with van der Waals surface area (Å²) >= 11 is 0. The Balaban J connectivity index is 1.37. The van der Waals surface area contributed by atoms with Crippen LogP contribution in [0.2, 0.25) is 0 Å². The molecule has 0 aliphatic carbocycles. The number of hydrogen-bond acceptors (Lipinski definition) is 3. The maximum Gasteiger partial charge on any atom is 0.0224 e. The first-order chi connectivity index (χ1) is 11.2. The third-order valence-electron chi connectivity index (χ3n) is 5.70. The second-order valence-corrected chi connectivity index (χ2v) is 7.47. The zero-order valence-corrected chi connectivity index (χ0v) is 15.0. The lowest BCUT2D eigenvalue weighted by atomic mass is 10.0. The molecule has 1 unspecified atom stereocenters. The molecule has 2 aliphatic heterocycles. The van der Waals surface area contributed by atoms with Crippen LogP contribution in [-0.4, -0.2) is 73.6 Å². The Morgan fingerprint density at radius 1 is 1.04 bits per heavy atom. The van der Waals surface area contributed by atoms with E-state index in [2.05, 4.69) is 52.9 Å². The second-order valence-electron chi connectivity index (χ2n) is 7.47. The standard InChI is InChI=1S/C20H33N3/c1-18-7-3-4-8-19(18)9-5-12-22-13-15-23(16-14-22)20-10-6-11-21(2)17-20/h3-4,7-8,20H,5-6,9-17H2,1-2H3. The van der Waals surface area contributed by atoms with Gasteiger partial charge in [0, 0.05) is 38.8 Å². The molecule has 2 fully saturated rings. The second kappa shape index (κ2) is 8.27. The Bertz CT molecular complexity index is 480. The van der Waals surface area contributed by atoms with Gasteiger partial charge >= 0.3 is 0 Å². The normalized spacial score (nSPS) is 24.9. The maximum absolute atomic E-state index is 2.74. The van der Waals surface area contributed by atoms with E-state index in [0.717, 1.165) is 6.04 Å². The smallest absolute Gasteiger partial charge is 0.0224 e. The Labute approximate surface area is 142 Å². The fourth-order valence-electron chi connectivity index (χ4n) is 4.17. The van der Waals surface area contributed by atoms with Gasteiger partial charge in [-0.25, -0.2) is 0 Å². The highest BCUT2D eigenvalue weighted by Gasteiger charge is 2.26. The summed E-state index contributed by atoms with van der Waals surface area (Å²) in [7, 11) is 2.27. The van der Waals surface area contributed by atoms with E-state index < -0.39 is 0 Å². The number of hydrogen-bond donors (Lipinski definition) is 0. The molecule has 1 aromatic carbocycles. The first-order valence-electron chi connectivity index (χ1n) is 9.42. The lowest BCUT2D eigenvalue weighted by molar-refractivity contribution is 0.0592. The van der Waals surface area contributed by atoms with Crippen LogP contribution in [0, 0.1) is 6.92 Å². The minimum absolute atomic E-state index is 0.808. The summed E-state index contributed by atoms with van der Waals surface area (Å²) in [5.41, 5.74) is 2.97. The van der Waals surface area contributed by atoms with Gasteiger partial charge in [-0.2, -0.15) is 0 Å². The van der Waals surface area contributed by atoms with Crippen LogP contribution >= 0.6 is 0 Å². The zero-order chi connectivity index (χ0) is 16.1. The first-order valence-corrected chi connectivity index (χ1v) is 9.42. The number of benzene rings is 1. The fourth-order valence-corrected chi connectivity index (χ4v) is 4.17. The largest absolute Gasteiger partial charge is 0.305 e. The molecule has 0 N–H and O–H groups in total. The Hall–Kier alpha value is -0.900. The Morgan fingerprint density at radius 2 is 1.83 bits per heavy atom. The molecule has 0 bridgehead atoms. The molecule has 0 radical (unpaired) electrons. The lowest BCUT2D eigenvalue weighted by Gasteiger charge is -2.42. The third kappa shape index (κ3) is 4.79. The molecule has 0 spiro atoms. The van der Waals surface area contributed by atoms with Gasteiger partial charge in [0.2, 0.25) is 0 Å². The highest BCUT2D eigenvalue weighted by atomic mass is 15.3. The number of aryl methyl sites for hydroxylation is 2. The molecule has 23 heavy (non-hydrogen) atoms. The number of rotatable bonds is 5. The van der Waals surface area contributed by atoms with Crippen molar-refractivity contribution in [3.8, 4) is 0 Å². The fraction of sp³-hybridized carbons (Fsp3) is 0.700. The molecule has 2 saturated heterocycles. The van der Waals surface area contributed by atoms with Crippen molar-refractivity contribution in [2.45, 2.75) is 38.6 Å². The van der Waals surface area contributed by atoms with Gasteiger partial charge in [-0.3, -0.25) is 4.90 Å². The molecule has 2 heterocycles. The van der Waals surface area contributed by atoms with E-state index >= 15 is 0 Å². The summed E-state index contributed by atoms with van der Waals surface area (Å²) in [6.07, 6.45) is 5.28. The molecular formula is C20H33N3. The summed E-state index contributed by atoms with van der Waals surface area (Å²) in [5, 5.41) is 0. The van der Waals surface area contributed by atoms with E-state index in [9.17, 15) is 0 Å². The van der Waals surface area contributed by atoms with Gasteiger partial charge < -0.3 is 9.80 Å². The molecule has 128 valence electrons. The first kappa shape index (κ1) is 16.9. The average molecular weight is 316 g/mol. The SMILES string of the molecule is Cc1ccccc1CCCN1CCN(C2CCCN(C)C2)CC1. The van der Waals surface area contributed by atoms with Crippen LogP contribution in [0.15, 0.2) is 24.3 Å². The number of likely N-dealkylation sites (N-methyl/N-ethyl adjacent to an activating group) is 1. The molecule has 0 aromatic heterocycles. The van der Waals surface area contributed by atoms with Crippen LogP contribution in [0.4, 0.5) is 0 Å². The number of nitrogens with zero attached hydrogens (tertiary/aromatic N) is 3. The minimum Gasteiger partial charge on any atom is -0.305 e. The van der Waals surface area contributed by atoms with Gasteiger partial charge in [0.15, 0.2) is 0 Å². The van der Waals surface area contributed by atoms with Gasteiger partial charge in [-0.15, -0.1) is 0 Å². The van der Waals surface area contributed by atoms with Crippen molar-refractivity contribution in [3.63, 3.8) is 0 Å². The van der Waals surface area contributed by atoms with E-state index in [0.29, 0.717) is 0 Å². The van der Waals surface area contributed by atoms with Crippen LogP contribution in [0.3, 0.4) is 0 Å². The summed E-state index contributed by atoms with van der Waals surface area (Å²) in [6.45, 7) is 11.1. The summed E-state index contributed by atoms with van der Waals surface area (Å²) in [6, 6.07) is 9.63. The van der Waals surface area contributed by atoms with E-state index in [4.69, 9.17) is 0 Å². The highest BCUT2D eigenvalue weighted by molar-refractivity contribution is 5.25. The van der Waals surface area contributed by atoms with Gasteiger partial charge in [0.05, 0.1) is 0 Å². The molecule has 1 aromatic rings. The molecule has 2 aliphatic rings. The van der Waals surface area contributed by atoms with Crippen molar-refractivity contribution in [3.05, 3.63) is 35.4 Å². The molecule has 1 atom stereocenters. The summed E-state index contributed by atoms with van der Waals surface area (Å²) < 4.78 is 0. The highest BCUT2D eigenvalue weighted by Crippen LogP contribution is 2.17. The van der Waals surface area contributed by atoms with Crippen molar-refractivity contribution in [2.24, 2.45) is 0 Å². The third-order valence-corrected chi connectivity index (χ3v) is 5.70. The maximum atomic E-state index is 2.74. The summed E-state index contributed by atoms with van der Waals surface area (Å²) in [4.78, 5) is 7.91. The average Bonchev–Trinajstić information content (AvgIpc) is 2.57. The number of piperidine rings is 1. The van der Waals surface area contributed by atoms with Gasteiger partial charge in [0.1, 0.15) is 0 Å². The number of piperazine rings is 1. The van der Waals surface area contributed by atoms with E-state index in [1.165, 1.54) is 82.6 Å². The van der Waals surface area contributed by atoms with E-state index in [-0.39, 0.29) is 0 Å². The molecule has 0 amide bonds. The monoisotopic (exact) mass is 315 g/mol. The van der Waals surface area contributed by atoms with Crippen molar-refractivity contribution >= 4 is 0 Å². The van der Waals surface area contributed by atoms with Crippen molar-refractivity contribution in [2.75, 3.05) is 52.9 Å². The van der Waals surface area contributed by atoms with E-state index in [1.807, 2.05) is 0 Å². The molecule has 3 heteroatoms. The number of likely N-dealkylation sites (tertiary alicyclic amines) is 1. The Morgan fingerprint density at radius 3 is 2.57 bits per heavy atom. The summed E-state index contributed by atoms with van der Waals surface area (Å²) in [5.74, 6) is 0. The quantitative estimate of drug-likeness (QED) is 0.827. The van der Waals surface area contributed by atoms with Gasteiger partial charge in [-0.1, -0.05) is 24.3 Å². The van der Waals surface area contributed by atoms with Crippen molar-refractivity contribution in [1.29, 1.82) is 0 Å². The topological polar surface area (TPSA) is 9.72 Å². The van der Waals surface area contributed by atoms with Gasteiger partial charge in [-0.05, 0) is 63.9 Å². The van der Waals surface area contributed by atoms with Crippen molar-refractivity contribution < 1.29 is 0 Å². The van der Waals surface area contributed by atoms with E-state index in [1.54, 1.807) is 0 Å². The predicted octanol–water partition coefficient (Wildman–Crippen LogP) is 2.64. The molecule has 3 nitrogen and oxygen atoms in total. The predicted molar refractivity (Wildman–Crippen MR) is 98.0 cm³/mol. The van der Waals surface area contributed by atoms with Crippen LogP contribution in [0.1, 0.15) is 30.4 Å². The zero-order valence-electron chi connectivity index (χ0n) is 15.0. The van der Waals surface area contributed by atoms with Crippen LogP contribution in [-0.2, 0) is 6.42 Å². The molecular weight excluding hydrogens is 282 g/mol. The lowest BCUT2D eigenvalue weighted by Crippen LogP contribution is -2.54. The van der Waals surface area contributed by atoms with Gasteiger partial charge in [0.25, 0.3) is 0 Å². The molecule has 0 saturated carbocycles. The minimum atomic E-state index is 0.808. The molecule has 3 rings (SSSR count). The Kier molecular flexibility index (Phi) is 6.09. The van der Waals surface area contributed by atoms with Crippen LogP contribution in [0.5, 0.6) is 0 Å². The van der Waals surface area contributed by atoms with Crippen LogP contribution in [0.25, 0.3) is 0 Å². The van der Waals surface area contributed by atoms with Crippen molar-refractivity contribution in [1.82, 2.24) is 14.7 Å². The van der Waals surface area contributed by atoms with Crippen LogP contribution < -0.4 is 0 Å².